The second kappa shape index (κ2) is 5.35. The average Bonchev–Trinajstić information content (AvgIpc) is 2.38. The van der Waals surface area contributed by atoms with Crippen molar-refractivity contribution in [2.24, 2.45) is 0 Å². The molecule has 0 saturated heterocycles. The molecule has 1 heteroatoms. The van der Waals surface area contributed by atoms with Crippen molar-refractivity contribution in [2.75, 3.05) is 7.11 Å². The first-order valence-electron chi connectivity index (χ1n) is 5.67. The Kier molecular flexibility index (Phi) is 3.61. The molecule has 0 unspecified atom stereocenters. The van der Waals surface area contributed by atoms with Crippen molar-refractivity contribution >= 4 is 12.2 Å². The highest BCUT2D eigenvalue weighted by atomic mass is 16.5. The molecule has 0 aliphatic heterocycles. The van der Waals surface area contributed by atoms with E-state index in [9.17, 15) is 0 Å². The Bertz CT molecular complexity index is 512. The molecular weight excluding hydrogens is 208 g/mol. The first kappa shape index (κ1) is 11.5. The van der Waals surface area contributed by atoms with Crippen molar-refractivity contribution in [3.8, 4) is 5.75 Å². The van der Waals surface area contributed by atoms with Gasteiger partial charge < -0.3 is 4.74 Å². The van der Waals surface area contributed by atoms with Crippen molar-refractivity contribution in [2.45, 2.75) is 6.92 Å². The van der Waals surface area contributed by atoms with Gasteiger partial charge >= 0.3 is 0 Å². The number of aryl methyl sites for hydroxylation is 1. The van der Waals surface area contributed by atoms with Crippen molar-refractivity contribution in [1.82, 2.24) is 0 Å². The summed E-state index contributed by atoms with van der Waals surface area (Å²) < 4.78 is 5.36. The van der Waals surface area contributed by atoms with Crippen LogP contribution in [0.5, 0.6) is 5.75 Å². The van der Waals surface area contributed by atoms with Crippen LogP contribution in [0.1, 0.15) is 16.7 Å². The molecule has 2 rings (SSSR count). The molecule has 2 aromatic carbocycles. The van der Waals surface area contributed by atoms with Crippen LogP contribution in [0.3, 0.4) is 0 Å². The maximum Gasteiger partial charge on any atom is 0.126 e. The van der Waals surface area contributed by atoms with Gasteiger partial charge in [0.05, 0.1) is 7.11 Å². The average molecular weight is 224 g/mol. The Morgan fingerprint density at radius 1 is 0.941 bits per heavy atom. The van der Waals surface area contributed by atoms with Gasteiger partial charge in [-0.05, 0) is 24.1 Å². The molecule has 0 saturated carbocycles. The Hall–Kier alpha value is -2.02. The lowest BCUT2D eigenvalue weighted by atomic mass is 10.1. The molecule has 2 aromatic rings. The van der Waals surface area contributed by atoms with Gasteiger partial charge in [0.25, 0.3) is 0 Å². The van der Waals surface area contributed by atoms with E-state index in [-0.39, 0.29) is 0 Å². The minimum atomic E-state index is 0.914. The maximum absolute atomic E-state index is 5.36. The van der Waals surface area contributed by atoms with Gasteiger partial charge in [-0.3, -0.25) is 0 Å². The van der Waals surface area contributed by atoms with Crippen LogP contribution in [0, 0.1) is 6.92 Å². The summed E-state index contributed by atoms with van der Waals surface area (Å²) in [6.07, 6.45) is 4.17. The number of ether oxygens (including phenoxy) is 1. The summed E-state index contributed by atoms with van der Waals surface area (Å²) in [6, 6.07) is 16.5. The van der Waals surface area contributed by atoms with Gasteiger partial charge in [-0.25, -0.2) is 0 Å². The molecule has 0 atom stereocenters. The van der Waals surface area contributed by atoms with E-state index in [4.69, 9.17) is 4.74 Å². The summed E-state index contributed by atoms with van der Waals surface area (Å²) in [5.41, 5.74) is 3.50. The molecule has 0 N–H and O–H groups in total. The Morgan fingerprint density at radius 2 is 1.71 bits per heavy atom. The third-order valence-electron chi connectivity index (χ3n) is 2.64. The van der Waals surface area contributed by atoms with Crippen molar-refractivity contribution in [1.29, 1.82) is 0 Å². The predicted octanol–water partition coefficient (Wildman–Crippen LogP) is 4.17. The molecule has 0 radical (unpaired) electrons. The summed E-state index contributed by atoms with van der Waals surface area (Å²) in [6.45, 7) is 2.06. The van der Waals surface area contributed by atoms with Gasteiger partial charge in [0.2, 0.25) is 0 Å². The van der Waals surface area contributed by atoms with Gasteiger partial charge in [0.15, 0.2) is 0 Å². The first-order valence-corrected chi connectivity index (χ1v) is 5.67. The highest BCUT2D eigenvalue weighted by Gasteiger charge is 1.98. The Labute approximate surface area is 102 Å². The maximum atomic E-state index is 5.36. The van der Waals surface area contributed by atoms with E-state index >= 15 is 0 Å². The van der Waals surface area contributed by atoms with Crippen LogP contribution in [-0.4, -0.2) is 7.11 Å². The molecule has 0 amide bonds. The van der Waals surface area contributed by atoms with Gasteiger partial charge in [0.1, 0.15) is 5.75 Å². The summed E-state index contributed by atoms with van der Waals surface area (Å²) in [7, 11) is 1.70. The van der Waals surface area contributed by atoms with E-state index < -0.39 is 0 Å². The Morgan fingerprint density at radius 3 is 2.41 bits per heavy atom. The van der Waals surface area contributed by atoms with Gasteiger partial charge in [-0.2, -0.15) is 0 Å². The molecule has 0 aromatic heterocycles. The fourth-order valence-electron chi connectivity index (χ4n) is 1.71. The minimum absolute atomic E-state index is 0.914. The highest BCUT2D eigenvalue weighted by Crippen LogP contribution is 2.22. The van der Waals surface area contributed by atoms with Crippen molar-refractivity contribution in [3.05, 3.63) is 65.2 Å². The lowest BCUT2D eigenvalue weighted by Gasteiger charge is -2.05. The molecular formula is C16H16O. The number of hydrogen-bond donors (Lipinski definition) is 0. The number of rotatable bonds is 3. The zero-order valence-corrected chi connectivity index (χ0v) is 10.2. The van der Waals surface area contributed by atoms with Crippen LogP contribution in [-0.2, 0) is 0 Å². The van der Waals surface area contributed by atoms with Crippen LogP contribution in [0.2, 0.25) is 0 Å². The fourth-order valence-corrected chi connectivity index (χ4v) is 1.71. The summed E-state index contributed by atoms with van der Waals surface area (Å²) in [5.74, 6) is 0.914. The quantitative estimate of drug-likeness (QED) is 0.711. The van der Waals surface area contributed by atoms with Crippen LogP contribution in [0.15, 0.2) is 48.5 Å². The molecule has 0 bridgehead atoms. The van der Waals surface area contributed by atoms with E-state index in [0.717, 1.165) is 11.3 Å². The van der Waals surface area contributed by atoms with E-state index in [1.165, 1.54) is 11.1 Å². The minimum Gasteiger partial charge on any atom is -0.496 e. The SMILES string of the molecule is COc1cc(C)ccc1/C=C/c1ccccc1. The largest absolute Gasteiger partial charge is 0.496 e. The number of benzene rings is 2. The first-order chi connectivity index (χ1) is 8.29. The zero-order chi connectivity index (χ0) is 12.1. The highest BCUT2D eigenvalue weighted by molar-refractivity contribution is 5.72. The van der Waals surface area contributed by atoms with Crippen LogP contribution in [0.25, 0.3) is 12.2 Å². The van der Waals surface area contributed by atoms with E-state index in [1.54, 1.807) is 7.11 Å². The number of methoxy groups -OCH3 is 1. The van der Waals surface area contributed by atoms with Gasteiger partial charge in [0, 0.05) is 5.56 Å². The lowest BCUT2D eigenvalue weighted by molar-refractivity contribution is 0.413. The summed E-state index contributed by atoms with van der Waals surface area (Å²) >= 11 is 0. The van der Waals surface area contributed by atoms with Crippen LogP contribution < -0.4 is 4.74 Å². The predicted molar refractivity (Wildman–Crippen MR) is 73.1 cm³/mol. The molecule has 17 heavy (non-hydrogen) atoms. The van der Waals surface area contributed by atoms with Gasteiger partial charge in [-0.15, -0.1) is 0 Å². The molecule has 0 spiro atoms. The van der Waals surface area contributed by atoms with E-state index in [2.05, 4.69) is 43.3 Å². The molecule has 86 valence electrons. The monoisotopic (exact) mass is 224 g/mol. The van der Waals surface area contributed by atoms with Crippen molar-refractivity contribution < 1.29 is 4.74 Å². The van der Waals surface area contributed by atoms with Gasteiger partial charge in [-0.1, -0.05) is 54.6 Å². The summed E-state index contributed by atoms with van der Waals surface area (Å²) in [4.78, 5) is 0. The number of hydrogen-bond acceptors (Lipinski definition) is 1. The third-order valence-corrected chi connectivity index (χ3v) is 2.64. The van der Waals surface area contributed by atoms with E-state index in [0.29, 0.717) is 0 Å². The molecule has 0 fully saturated rings. The smallest absolute Gasteiger partial charge is 0.126 e. The second-order valence-electron chi connectivity index (χ2n) is 3.99. The third kappa shape index (κ3) is 2.97. The lowest BCUT2D eigenvalue weighted by Crippen LogP contribution is -1.87. The standard InChI is InChI=1S/C16H16O/c1-13-8-10-15(16(12-13)17-2)11-9-14-6-4-3-5-7-14/h3-12H,1-2H3/b11-9+. The fraction of sp³-hybridized carbons (Fsp3) is 0.125. The molecule has 0 heterocycles. The molecule has 0 aliphatic carbocycles. The van der Waals surface area contributed by atoms with Crippen molar-refractivity contribution in [3.63, 3.8) is 0 Å². The molecule has 1 nitrogen and oxygen atoms in total. The van der Waals surface area contributed by atoms with E-state index in [1.807, 2.05) is 24.3 Å². The molecule has 0 aliphatic rings. The van der Waals surface area contributed by atoms with Crippen LogP contribution >= 0.6 is 0 Å². The summed E-state index contributed by atoms with van der Waals surface area (Å²) in [5, 5.41) is 0. The van der Waals surface area contributed by atoms with Crippen LogP contribution in [0.4, 0.5) is 0 Å². The topological polar surface area (TPSA) is 9.23 Å². The second-order valence-corrected chi connectivity index (χ2v) is 3.99. The zero-order valence-electron chi connectivity index (χ0n) is 10.2. The Balaban J connectivity index is 2.27. The normalized spacial score (nSPS) is 10.7.